The minimum absolute atomic E-state index is 0.309. The van der Waals surface area contributed by atoms with E-state index < -0.39 is 0 Å². The Kier molecular flexibility index (Phi) is 5.04. The lowest BCUT2D eigenvalue weighted by Gasteiger charge is -2.38. The van der Waals surface area contributed by atoms with Gasteiger partial charge in [0, 0.05) is 16.6 Å². The maximum Gasteiger partial charge on any atom is 0.119 e. The molecule has 0 bridgehead atoms. The number of halogens is 1. The molecule has 1 N–H and O–H groups in total. The summed E-state index contributed by atoms with van der Waals surface area (Å²) in [5.41, 5.74) is 7.86. The zero-order valence-electron chi connectivity index (χ0n) is 17.4. The Bertz CT molecular complexity index is 1090. The average molecular weight is 416 g/mol. The largest absolute Gasteiger partial charge is 0.489 e. The first-order valence-corrected chi connectivity index (χ1v) is 11.0. The zero-order chi connectivity index (χ0) is 20.7. The Labute approximate surface area is 183 Å². The monoisotopic (exact) mass is 415 g/mol. The molecule has 3 aromatic carbocycles. The number of aryl methyl sites for hydroxylation is 2. The summed E-state index contributed by atoms with van der Waals surface area (Å²) < 4.78 is 5.97. The van der Waals surface area contributed by atoms with Crippen LogP contribution in [0.3, 0.4) is 0 Å². The van der Waals surface area contributed by atoms with Crippen LogP contribution in [0.5, 0.6) is 5.75 Å². The second kappa shape index (κ2) is 7.85. The molecule has 3 atom stereocenters. The molecule has 5 rings (SSSR count). The number of nitrogens with one attached hydrogen (secondary N) is 1. The quantitative estimate of drug-likeness (QED) is 0.449. The Morgan fingerprint density at radius 3 is 2.53 bits per heavy atom. The van der Waals surface area contributed by atoms with E-state index in [2.05, 4.69) is 67.7 Å². The zero-order valence-corrected chi connectivity index (χ0v) is 18.1. The molecule has 0 saturated heterocycles. The van der Waals surface area contributed by atoms with Crippen LogP contribution in [0.2, 0.25) is 5.02 Å². The van der Waals surface area contributed by atoms with Gasteiger partial charge in [-0.1, -0.05) is 65.7 Å². The molecule has 1 aliphatic carbocycles. The van der Waals surface area contributed by atoms with Gasteiger partial charge in [-0.15, -0.1) is 0 Å². The van der Waals surface area contributed by atoms with Gasteiger partial charge in [0.05, 0.1) is 6.04 Å². The first-order chi connectivity index (χ1) is 14.6. The van der Waals surface area contributed by atoms with Gasteiger partial charge in [-0.25, -0.2) is 0 Å². The standard InChI is InChI=1S/C27H26ClNO/c1-17-14-18(2)26-25(15-17)23-4-3-5-24(23)27(29-26)20-8-12-22(13-9-20)30-16-19-6-10-21(28)11-7-19/h3-4,6-15,23-24,27,29H,5,16H2,1-2H3/t23-,24+,27-/m1/s1. The lowest BCUT2D eigenvalue weighted by Crippen LogP contribution is -2.29. The van der Waals surface area contributed by atoms with Crippen molar-refractivity contribution in [2.24, 2.45) is 5.92 Å². The fourth-order valence-corrected chi connectivity index (χ4v) is 5.05. The van der Waals surface area contributed by atoms with E-state index >= 15 is 0 Å². The summed E-state index contributed by atoms with van der Waals surface area (Å²) in [6, 6.07) is 21.3. The molecule has 3 heteroatoms. The number of rotatable bonds is 4. The van der Waals surface area contributed by atoms with E-state index in [1.165, 1.54) is 27.9 Å². The molecule has 0 spiro atoms. The van der Waals surface area contributed by atoms with Gasteiger partial charge in [0.25, 0.3) is 0 Å². The van der Waals surface area contributed by atoms with Gasteiger partial charge < -0.3 is 10.1 Å². The second-order valence-corrected chi connectivity index (χ2v) is 8.94. The highest BCUT2D eigenvalue weighted by atomic mass is 35.5. The van der Waals surface area contributed by atoms with E-state index in [1.54, 1.807) is 0 Å². The Morgan fingerprint density at radius 1 is 1.00 bits per heavy atom. The van der Waals surface area contributed by atoms with Crippen molar-refractivity contribution in [1.29, 1.82) is 0 Å². The van der Waals surface area contributed by atoms with Gasteiger partial charge in [-0.3, -0.25) is 0 Å². The predicted octanol–water partition coefficient (Wildman–Crippen LogP) is 7.36. The van der Waals surface area contributed by atoms with Gasteiger partial charge in [0.15, 0.2) is 0 Å². The van der Waals surface area contributed by atoms with E-state index in [0.29, 0.717) is 24.5 Å². The van der Waals surface area contributed by atoms with Crippen LogP contribution in [0, 0.1) is 19.8 Å². The third-order valence-corrected chi connectivity index (χ3v) is 6.62. The number of benzene rings is 3. The van der Waals surface area contributed by atoms with Gasteiger partial charge >= 0.3 is 0 Å². The molecular formula is C27H26ClNO. The smallest absolute Gasteiger partial charge is 0.119 e. The molecule has 0 aromatic heterocycles. The fourth-order valence-electron chi connectivity index (χ4n) is 4.92. The van der Waals surface area contributed by atoms with Crippen LogP contribution in [0.15, 0.2) is 72.8 Å². The number of ether oxygens (including phenoxy) is 1. The van der Waals surface area contributed by atoms with E-state index in [0.717, 1.165) is 22.8 Å². The molecule has 152 valence electrons. The highest BCUT2D eigenvalue weighted by Crippen LogP contribution is 2.50. The van der Waals surface area contributed by atoms with Crippen LogP contribution in [0.1, 0.15) is 46.2 Å². The maximum atomic E-state index is 5.97. The molecule has 0 amide bonds. The lowest BCUT2D eigenvalue weighted by molar-refractivity contribution is 0.306. The number of allylic oxidation sites excluding steroid dienone is 2. The van der Waals surface area contributed by atoms with Crippen molar-refractivity contribution in [3.8, 4) is 5.75 Å². The summed E-state index contributed by atoms with van der Waals surface area (Å²) >= 11 is 5.96. The Morgan fingerprint density at radius 2 is 1.77 bits per heavy atom. The Balaban J connectivity index is 1.36. The molecule has 2 nitrogen and oxygen atoms in total. The molecule has 1 heterocycles. The molecule has 0 radical (unpaired) electrons. The third-order valence-electron chi connectivity index (χ3n) is 6.37. The van der Waals surface area contributed by atoms with E-state index in [-0.39, 0.29) is 0 Å². The first kappa shape index (κ1) is 19.3. The Hall–Kier alpha value is -2.71. The molecular weight excluding hydrogens is 390 g/mol. The van der Waals surface area contributed by atoms with Crippen molar-refractivity contribution in [3.05, 3.63) is 106 Å². The fraction of sp³-hybridized carbons (Fsp3) is 0.259. The minimum atomic E-state index is 0.309. The topological polar surface area (TPSA) is 21.3 Å². The second-order valence-electron chi connectivity index (χ2n) is 8.51. The molecule has 30 heavy (non-hydrogen) atoms. The molecule has 0 fully saturated rings. The third kappa shape index (κ3) is 3.61. The van der Waals surface area contributed by atoms with Crippen LogP contribution < -0.4 is 10.1 Å². The van der Waals surface area contributed by atoms with Gasteiger partial charge in [0.2, 0.25) is 0 Å². The van der Waals surface area contributed by atoms with Crippen molar-refractivity contribution < 1.29 is 4.74 Å². The van der Waals surface area contributed by atoms with Gasteiger partial charge in [-0.2, -0.15) is 0 Å². The predicted molar refractivity (Wildman–Crippen MR) is 124 cm³/mol. The molecule has 0 saturated carbocycles. The van der Waals surface area contributed by atoms with Crippen LogP contribution in [-0.2, 0) is 6.61 Å². The summed E-state index contributed by atoms with van der Waals surface area (Å²) in [5, 5.41) is 4.61. The summed E-state index contributed by atoms with van der Waals surface area (Å²) in [6.45, 7) is 4.94. The van der Waals surface area contributed by atoms with Gasteiger partial charge in [-0.05, 0) is 72.7 Å². The number of hydrogen-bond acceptors (Lipinski definition) is 2. The molecule has 3 aromatic rings. The van der Waals surface area contributed by atoms with Crippen LogP contribution in [-0.4, -0.2) is 0 Å². The highest BCUT2D eigenvalue weighted by molar-refractivity contribution is 6.30. The summed E-state index contributed by atoms with van der Waals surface area (Å²) in [6.07, 6.45) is 5.86. The summed E-state index contributed by atoms with van der Waals surface area (Å²) in [5.74, 6) is 1.93. The highest BCUT2D eigenvalue weighted by Gasteiger charge is 2.38. The summed E-state index contributed by atoms with van der Waals surface area (Å²) in [4.78, 5) is 0. The number of anilines is 1. The SMILES string of the molecule is Cc1cc(C)c2c(c1)[C@@H]1C=CC[C@@H]1[C@@H](c1ccc(OCc3ccc(Cl)cc3)cc1)N2. The minimum Gasteiger partial charge on any atom is -0.489 e. The van der Waals surface area contributed by atoms with Gasteiger partial charge in [0.1, 0.15) is 12.4 Å². The van der Waals surface area contributed by atoms with Crippen LogP contribution in [0.25, 0.3) is 0 Å². The van der Waals surface area contributed by atoms with Crippen LogP contribution >= 0.6 is 11.6 Å². The average Bonchev–Trinajstić information content (AvgIpc) is 3.24. The van der Waals surface area contributed by atoms with E-state index in [1.807, 2.05) is 24.3 Å². The van der Waals surface area contributed by atoms with E-state index in [4.69, 9.17) is 16.3 Å². The van der Waals surface area contributed by atoms with Crippen molar-refractivity contribution in [2.45, 2.75) is 38.8 Å². The first-order valence-electron chi connectivity index (χ1n) is 10.6. The molecule has 1 aliphatic heterocycles. The lowest BCUT2D eigenvalue weighted by atomic mass is 9.76. The van der Waals surface area contributed by atoms with Crippen molar-refractivity contribution in [2.75, 3.05) is 5.32 Å². The van der Waals surface area contributed by atoms with E-state index in [9.17, 15) is 0 Å². The molecule has 0 unspecified atom stereocenters. The number of fused-ring (bicyclic) bond motifs is 3. The molecule has 2 aliphatic rings. The summed E-state index contributed by atoms with van der Waals surface area (Å²) in [7, 11) is 0. The normalized spacial score (nSPS) is 21.6. The van der Waals surface area contributed by atoms with Crippen LogP contribution in [0.4, 0.5) is 5.69 Å². The van der Waals surface area contributed by atoms with Crippen molar-refractivity contribution in [1.82, 2.24) is 0 Å². The van der Waals surface area contributed by atoms with Crippen molar-refractivity contribution >= 4 is 17.3 Å². The maximum absolute atomic E-state index is 5.97. The number of hydrogen-bond donors (Lipinski definition) is 1. The van der Waals surface area contributed by atoms with Crippen molar-refractivity contribution in [3.63, 3.8) is 0 Å².